The van der Waals surface area contributed by atoms with Crippen LogP contribution < -0.4 is 5.32 Å². The number of benzene rings is 1. The maximum atomic E-state index is 12.2. The molecule has 1 amide bonds. The number of nitrogens with zero attached hydrogens (tertiary/aromatic N) is 1. The first-order valence-electron chi connectivity index (χ1n) is 7.37. The standard InChI is InChI=1S/C17H22N2O2/c1-2-14(8-11-20)13-18-17(21)15-6-5-7-16(12-15)19-9-3-4-10-19/h3-7,9-10,12,14,20H,2,8,11,13H2,1H3,(H,18,21). The van der Waals surface area contributed by atoms with E-state index < -0.39 is 0 Å². The van der Waals surface area contributed by atoms with Crippen molar-refractivity contribution >= 4 is 5.91 Å². The van der Waals surface area contributed by atoms with Crippen LogP contribution in [0, 0.1) is 5.92 Å². The molecule has 1 atom stereocenters. The van der Waals surface area contributed by atoms with Crippen molar-refractivity contribution in [1.82, 2.24) is 9.88 Å². The van der Waals surface area contributed by atoms with E-state index in [1.54, 1.807) is 0 Å². The van der Waals surface area contributed by atoms with Crippen LogP contribution in [0.5, 0.6) is 0 Å². The molecule has 0 saturated heterocycles. The third kappa shape index (κ3) is 4.20. The van der Waals surface area contributed by atoms with Crippen LogP contribution in [0.25, 0.3) is 5.69 Å². The Bertz CT molecular complexity index is 564. The summed E-state index contributed by atoms with van der Waals surface area (Å²) in [5, 5.41) is 11.9. The number of nitrogens with one attached hydrogen (secondary N) is 1. The van der Waals surface area contributed by atoms with E-state index >= 15 is 0 Å². The predicted molar refractivity (Wildman–Crippen MR) is 83.6 cm³/mol. The van der Waals surface area contributed by atoms with Gasteiger partial charge in [0.2, 0.25) is 0 Å². The molecule has 0 aliphatic carbocycles. The smallest absolute Gasteiger partial charge is 0.251 e. The van der Waals surface area contributed by atoms with Crippen molar-refractivity contribution in [2.45, 2.75) is 19.8 Å². The highest BCUT2D eigenvalue weighted by atomic mass is 16.3. The molecule has 0 aliphatic rings. The lowest BCUT2D eigenvalue weighted by molar-refractivity contribution is 0.0943. The molecule has 2 aromatic rings. The molecule has 2 N–H and O–H groups in total. The Morgan fingerprint density at radius 1 is 1.29 bits per heavy atom. The molecule has 0 bridgehead atoms. The minimum atomic E-state index is -0.0691. The summed E-state index contributed by atoms with van der Waals surface area (Å²) < 4.78 is 1.97. The van der Waals surface area contributed by atoms with Crippen molar-refractivity contribution in [3.05, 3.63) is 54.4 Å². The number of aliphatic hydroxyl groups excluding tert-OH is 1. The molecule has 0 fully saturated rings. The van der Waals surface area contributed by atoms with E-state index in [9.17, 15) is 4.79 Å². The zero-order valence-electron chi connectivity index (χ0n) is 12.3. The second kappa shape index (κ2) is 7.64. The summed E-state index contributed by atoms with van der Waals surface area (Å²) in [6.07, 6.45) is 5.57. The van der Waals surface area contributed by atoms with Gasteiger partial charge in [-0.25, -0.2) is 0 Å². The summed E-state index contributed by atoms with van der Waals surface area (Å²) in [6, 6.07) is 11.4. The van der Waals surface area contributed by atoms with Gasteiger partial charge >= 0.3 is 0 Å². The Kier molecular flexibility index (Phi) is 5.58. The fourth-order valence-electron chi connectivity index (χ4n) is 2.29. The number of aliphatic hydroxyl groups is 1. The van der Waals surface area contributed by atoms with E-state index in [0.717, 1.165) is 18.5 Å². The number of hydrogen-bond acceptors (Lipinski definition) is 2. The van der Waals surface area contributed by atoms with Gasteiger partial charge < -0.3 is 15.0 Å². The first kappa shape index (κ1) is 15.3. The minimum absolute atomic E-state index is 0.0691. The summed E-state index contributed by atoms with van der Waals surface area (Å²) in [6.45, 7) is 2.83. The Morgan fingerprint density at radius 2 is 2.05 bits per heavy atom. The van der Waals surface area contributed by atoms with Crippen LogP contribution in [-0.4, -0.2) is 28.7 Å². The van der Waals surface area contributed by atoms with E-state index in [1.807, 2.05) is 53.4 Å². The fourth-order valence-corrected chi connectivity index (χ4v) is 2.29. The zero-order valence-corrected chi connectivity index (χ0v) is 12.3. The lowest BCUT2D eigenvalue weighted by Gasteiger charge is -2.14. The third-order valence-corrected chi connectivity index (χ3v) is 3.68. The monoisotopic (exact) mass is 286 g/mol. The van der Waals surface area contributed by atoms with Gasteiger partial charge in [0, 0.05) is 36.8 Å². The molecule has 112 valence electrons. The molecule has 0 aliphatic heterocycles. The van der Waals surface area contributed by atoms with Gasteiger partial charge in [0.1, 0.15) is 0 Å². The van der Waals surface area contributed by atoms with Crippen molar-refractivity contribution in [2.24, 2.45) is 5.92 Å². The second-order valence-corrected chi connectivity index (χ2v) is 5.14. The maximum absolute atomic E-state index is 12.2. The topological polar surface area (TPSA) is 54.3 Å². The predicted octanol–water partition coefficient (Wildman–Crippen LogP) is 2.62. The zero-order chi connectivity index (χ0) is 15.1. The molecule has 1 heterocycles. The van der Waals surface area contributed by atoms with Gasteiger partial charge in [0.05, 0.1) is 0 Å². The maximum Gasteiger partial charge on any atom is 0.251 e. The van der Waals surface area contributed by atoms with Crippen molar-refractivity contribution in [2.75, 3.05) is 13.2 Å². The Balaban J connectivity index is 2.01. The molecule has 21 heavy (non-hydrogen) atoms. The summed E-state index contributed by atoms with van der Waals surface area (Å²) in [5.41, 5.74) is 1.62. The molecule has 2 rings (SSSR count). The molecular weight excluding hydrogens is 264 g/mol. The van der Waals surface area contributed by atoms with Crippen LogP contribution in [0.15, 0.2) is 48.8 Å². The molecule has 1 aromatic heterocycles. The van der Waals surface area contributed by atoms with Crippen molar-refractivity contribution < 1.29 is 9.90 Å². The molecule has 0 radical (unpaired) electrons. The number of carbonyl (C=O) groups is 1. The average molecular weight is 286 g/mol. The summed E-state index contributed by atoms with van der Waals surface area (Å²) >= 11 is 0. The van der Waals surface area contributed by atoms with Gasteiger partial charge in [-0.3, -0.25) is 4.79 Å². The van der Waals surface area contributed by atoms with Gasteiger partial charge in [-0.2, -0.15) is 0 Å². The van der Waals surface area contributed by atoms with Crippen molar-refractivity contribution in [1.29, 1.82) is 0 Å². The lowest BCUT2D eigenvalue weighted by atomic mass is 10.0. The first-order chi connectivity index (χ1) is 10.2. The van der Waals surface area contributed by atoms with E-state index in [0.29, 0.717) is 18.0 Å². The van der Waals surface area contributed by atoms with Crippen LogP contribution in [0.4, 0.5) is 0 Å². The third-order valence-electron chi connectivity index (χ3n) is 3.68. The van der Waals surface area contributed by atoms with E-state index in [-0.39, 0.29) is 12.5 Å². The summed E-state index contributed by atoms with van der Waals surface area (Å²) in [5.74, 6) is 0.256. The molecule has 1 aromatic carbocycles. The lowest BCUT2D eigenvalue weighted by Crippen LogP contribution is -2.29. The van der Waals surface area contributed by atoms with Crippen LogP contribution in [0.1, 0.15) is 30.1 Å². The molecule has 0 saturated carbocycles. The highest BCUT2D eigenvalue weighted by Gasteiger charge is 2.10. The number of hydrogen-bond donors (Lipinski definition) is 2. The van der Waals surface area contributed by atoms with Crippen LogP contribution in [0.2, 0.25) is 0 Å². The highest BCUT2D eigenvalue weighted by molar-refractivity contribution is 5.94. The number of carbonyl (C=O) groups excluding carboxylic acids is 1. The van der Waals surface area contributed by atoms with Crippen LogP contribution >= 0.6 is 0 Å². The van der Waals surface area contributed by atoms with E-state index in [4.69, 9.17) is 5.11 Å². The molecule has 1 unspecified atom stereocenters. The van der Waals surface area contributed by atoms with Gasteiger partial charge in [-0.1, -0.05) is 19.4 Å². The normalized spacial score (nSPS) is 12.1. The SMILES string of the molecule is CCC(CCO)CNC(=O)c1cccc(-n2cccc2)c1. The van der Waals surface area contributed by atoms with Crippen molar-refractivity contribution in [3.8, 4) is 5.69 Å². The Morgan fingerprint density at radius 3 is 2.71 bits per heavy atom. The second-order valence-electron chi connectivity index (χ2n) is 5.14. The quantitative estimate of drug-likeness (QED) is 0.822. The number of aromatic nitrogens is 1. The average Bonchev–Trinajstić information content (AvgIpc) is 3.05. The van der Waals surface area contributed by atoms with Gasteiger partial charge in [0.25, 0.3) is 5.91 Å². The highest BCUT2D eigenvalue weighted by Crippen LogP contribution is 2.12. The number of amides is 1. The van der Waals surface area contributed by atoms with E-state index in [2.05, 4.69) is 12.2 Å². The number of rotatable bonds is 7. The van der Waals surface area contributed by atoms with Crippen LogP contribution in [0.3, 0.4) is 0 Å². The molecular formula is C17H22N2O2. The van der Waals surface area contributed by atoms with Crippen molar-refractivity contribution in [3.63, 3.8) is 0 Å². The largest absolute Gasteiger partial charge is 0.396 e. The Labute approximate surface area is 125 Å². The molecule has 4 heteroatoms. The van der Waals surface area contributed by atoms with E-state index in [1.165, 1.54) is 0 Å². The first-order valence-corrected chi connectivity index (χ1v) is 7.37. The summed E-state index contributed by atoms with van der Waals surface area (Å²) in [4.78, 5) is 12.2. The molecule has 0 spiro atoms. The summed E-state index contributed by atoms with van der Waals surface area (Å²) in [7, 11) is 0. The molecule has 4 nitrogen and oxygen atoms in total. The van der Waals surface area contributed by atoms with Gasteiger partial charge in [0.15, 0.2) is 0 Å². The fraction of sp³-hybridized carbons (Fsp3) is 0.353. The van der Waals surface area contributed by atoms with Gasteiger partial charge in [-0.05, 0) is 42.7 Å². The Hall–Kier alpha value is -2.07. The minimum Gasteiger partial charge on any atom is -0.396 e. The van der Waals surface area contributed by atoms with Gasteiger partial charge in [-0.15, -0.1) is 0 Å². The van der Waals surface area contributed by atoms with Crippen LogP contribution in [-0.2, 0) is 0 Å².